The van der Waals surface area contributed by atoms with Gasteiger partial charge in [-0.25, -0.2) is 8.42 Å². The second-order valence-corrected chi connectivity index (χ2v) is 8.32. The summed E-state index contributed by atoms with van der Waals surface area (Å²) in [4.78, 5) is 11.8. The first-order valence-electron chi connectivity index (χ1n) is 7.67. The fourth-order valence-corrected chi connectivity index (χ4v) is 4.59. The molecule has 2 aromatic carbocycles. The molecule has 0 aliphatic carbocycles. The summed E-state index contributed by atoms with van der Waals surface area (Å²) in [6.07, 6.45) is 0. The molecule has 0 heterocycles. The van der Waals surface area contributed by atoms with Gasteiger partial charge in [0.15, 0.2) is 0 Å². The van der Waals surface area contributed by atoms with Crippen LogP contribution in [0, 0.1) is 0 Å². The van der Waals surface area contributed by atoms with Crippen LogP contribution in [-0.4, -0.2) is 34.6 Å². The van der Waals surface area contributed by atoms with Gasteiger partial charge in [0, 0.05) is 10.0 Å². The van der Waals surface area contributed by atoms with E-state index in [1.807, 2.05) is 0 Å². The number of anilines is 1. The Hall–Kier alpha value is -1.67. The smallest absolute Gasteiger partial charge is 0.326 e. The van der Waals surface area contributed by atoms with E-state index in [4.69, 9.17) is 44.3 Å². The predicted molar refractivity (Wildman–Crippen MR) is 106 cm³/mol. The van der Waals surface area contributed by atoms with Crippen LogP contribution in [0.3, 0.4) is 0 Å². The molecule has 6 nitrogen and oxygen atoms in total. The van der Waals surface area contributed by atoms with Crippen LogP contribution >= 0.6 is 34.8 Å². The van der Waals surface area contributed by atoms with E-state index in [1.165, 1.54) is 43.5 Å². The van der Waals surface area contributed by atoms with Gasteiger partial charge in [0.05, 0.1) is 24.4 Å². The average molecular weight is 453 g/mol. The van der Waals surface area contributed by atoms with Crippen LogP contribution in [0.5, 0.6) is 5.75 Å². The van der Waals surface area contributed by atoms with Crippen LogP contribution in [0.15, 0.2) is 41.3 Å². The minimum Gasteiger partial charge on any atom is -0.495 e. The van der Waals surface area contributed by atoms with Crippen molar-refractivity contribution in [2.75, 3.05) is 24.6 Å². The molecular formula is C17H16Cl3NO5S. The second-order valence-electron chi connectivity index (χ2n) is 5.21. The Morgan fingerprint density at radius 3 is 2.33 bits per heavy atom. The van der Waals surface area contributed by atoms with E-state index in [2.05, 4.69) is 0 Å². The number of benzene rings is 2. The molecule has 0 fully saturated rings. The Bertz CT molecular complexity index is 950. The number of carbonyl (C=O) groups is 1. The lowest BCUT2D eigenvalue weighted by atomic mass is 10.3. The zero-order chi connectivity index (χ0) is 20.2. The first-order valence-corrected chi connectivity index (χ1v) is 10.2. The largest absolute Gasteiger partial charge is 0.495 e. The van der Waals surface area contributed by atoms with Gasteiger partial charge in [0.2, 0.25) is 0 Å². The first kappa shape index (κ1) is 21.6. The minimum absolute atomic E-state index is 0.0470. The highest BCUT2D eigenvalue weighted by molar-refractivity contribution is 7.93. The zero-order valence-electron chi connectivity index (χ0n) is 14.4. The van der Waals surface area contributed by atoms with Gasteiger partial charge in [0.1, 0.15) is 17.2 Å². The van der Waals surface area contributed by atoms with Crippen molar-refractivity contribution in [3.8, 4) is 5.75 Å². The molecular weight excluding hydrogens is 437 g/mol. The maximum atomic E-state index is 13.3. The Balaban J connectivity index is 2.67. The fourth-order valence-electron chi connectivity index (χ4n) is 2.28. The summed E-state index contributed by atoms with van der Waals surface area (Å²) in [6.45, 7) is 1.11. The van der Waals surface area contributed by atoms with Crippen LogP contribution in [0.1, 0.15) is 6.92 Å². The summed E-state index contributed by atoms with van der Waals surface area (Å²) < 4.78 is 37.6. The Kier molecular flexibility index (Phi) is 7.22. The maximum Gasteiger partial charge on any atom is 0.326 e. The number of nitrogens with zero attached hydrogens (tertiary/aromatic N) is 1. The molecule has 0 N–H and O–H groups in total. The highest BCUT2D eigenvalue weighted by atomic mass is 35.5. The minimum atomic E-state index is -4.29. The lowest BCUT2D eigenvalue weighted by molar-refractivity contribution is -0.141. The van der Waals surface area contributed by atoms with E-state index in [-0.39, 0.29) is 38.0 Å². The third-order valence-corrected chi connectivity index (χ3v) is 6.16. The molecule has 0 bridgehead atoms. The van der Waals surface area contributed by atoms with Crippen molar-refractivity contribution in [1.29, 1.82) is 0 Å². The van der Waals surface area contributed by atoms with Crippen molar-refractivity contribution < 1.29 is 22.7 Å². The Morgan fingerprint density at radius 2 is 1.70 bits per heavy atom. The van der Waals surface area contributed by atoms with E-state index in [9.17, 15) is 13.2 Å². The monoisotopic (exact) mass is 451 g/mol. The first-order chi connectivity index (χ1) is 12.7. The summed E-state index contributed by atoms with van der Waals surface area (Å²) in [5.74, 6) is -0.549. The summed E-state index contributed by atoms with van der Waals surface area (Å²) in [6, 6.07) is 8.41. The van der Waals surface area contributed by atoms with Crippen LogP contribution in [0.2, 0.25) is 15.1 Å². The normalized spacial score (nSPS) is 11.1. The maximum absolute atomic E-state index is 13.3. The van der Waals surface area contributed by atoms with Crippen molar-refractivity contribution in [2.45, 2.75) is 11.8 Å². The van der Waals surface area contributed by atoms with Gasteiger partial charge in [-0.2, -0.15) is 0 Å². The third-order valence-electron chi connectivity index (χ3n) is 3.45. The molecule has 0 saturated heterocycles. The molecule has 0 aliphatic heterocycles. The van der Waals surface area contributed by atoms with E-state index >= 15 is 0 Å². The van der Waals surface area contributed by atoms with Gasteiger partial charge in [-0.1, -0.05) is 34.8 Å². The molecule has 0 radical (unpaired) electrons. The number of halogens is 3. The predicted octanol–water partition coefficient (Wildman–Crippen LogP) is 4.41. The van der Waals surface area contributed by atoms with E-state index in [0.717, 1.165) is 4.31 Å². The van der Waals surface area contributed by atoms with Crippen molar-refractivity contribution in [3.05, 3.63) is 51.5 Å². The molecule has 0 amide bonds. The van der Waals surface area contributed by atoms with Gasteiger partial charge in [-0.05, 0) is 43.3 Å². The van der Waals surface area contributed by atoms with E-state index < -0.39 is 22.5 Å². The Morgan fingerprint density at radius 1 is 1.07 bits per heavy atom. The number of carbonyl (C=O) groups excluding carboxylic acids is 1. The van der Waals surface area contributed by atoms with Gasteiger partial charge in [0.25, 0.3) is 10.0 Å². The summed E-state index contributed by atoms with van der Waals surface area (Å²) in [5.41, 5.74) is 0.0640. The van der Waals surface area contributed by atoms with Gasteiger partial charge in [-0.3, -0.25) is 9.10 Å². The highest BCUT2D eigenvalue weighted by Gasteiger charge is 2.32. The molecule has 146 valence electrons. The lowest BCUT2D eigenvalue weighted by Crippen LogP contribution is -2.37. The molecule has 2 aromatic rings. The Labute approximate surface area is 172 Å². The molecule has 10 heteroatoms. The van der Waals surface area contributed by atoms with Crippen LogP contribution in [0.4, 0.5) is 5.69 Å². The zero-order valence-corrected chi connectivity index (χ0v) is 17.5. The number of hydrogen-bond donors (Lipinski definition) is 0. The van der Waals surface area contributed by atoms with Crippen molar-refractivity contribution in [3.63, 3.8) is 0 Å². The van der Waals surface area contributed by atoms with E-state index in [0.29, 0.717) is 0 Å². The molecule has 2 rings (SSSR count). The van der Waals surface area contributed by atoms with Crippen LogP contribution in [-0.2, 0) is 19.6 Å². The third kappa shape index (κ3) is 4.99. The van der Waals surface area contributed by atoms with Crippen molar-refractivity contribution in [2.24, 2.45) is 0 Å². The van der Waals surface area contributed by atoms with Gasteiger partial charge >= 0.3 is 5.97 Å². The number of methoxy groups -OCH3 is 1. The fraction of sp³-hybridized carbons (Fsp3) is 0.235. The molecule has 0 unspecified atom stereocenters. The summed E-state index contributed by atoms with van der Waals surface area (Å²) >= 11 is 18.0. The van der Waals surface area contributed by atoms with Gasteiger partial charge < -0.3 is 9.47 Å². The van der Waals surface area contributed by atoms with E-state index in [1.54, 1.807) is 6.92 Å². The number of sulfonamides is 1. The number of hydrogen-bond acceptors (Lipinski definition) is 5. The second kappa shape index (κ2) is 9.01. The molecule has 0 spiro atoms. The molecule has 0 saturated carbocycles. The number of ether oxygens (including phenoxy) is 2. The summed E-state index contributed by atoms with van der Waals surface area (Å²) in [5, 5.41) is 0.383. The van der Waals surface area contributed by atoms with Crippen LogP contribution < -0.4 is 9.04 Å². The lowest BCUT2D eigenvalue weighted by Gasteiger charge is -2.25. The number of rotatable bonds is 7. The molecule has 27 heavy (non-hydrogen) atoms. The SMILES string of the molecule is CCOC(=O)CN(c1cc(Cl)ccc1OC)S(=O)(=O)c1cc(Cl)ccc1Cl. The highest BCUT2D eigenvalue weighted by Crippen LogP contribution is 2.36. The quantitative estimate of drug-likeness (QED) is 0.582. The molecule has 0 aliphatic rings. The molecule has 0 atom stereocenters. The van der Waals surface area contributed by atoms with Crippen molar-refractivity contribution in [1.82, 2.24) is 0 Å². The molecule has 0 aromatic heterocycles. The van der Waals surface area contributed by atoms with Crippen molar-refractivity contribution >= 4 is 56.5 Å². The van der Waals surface area contributed by atoms with Crippen LogP contribution in [0.25, 0.3) is 0 Å². The summed E-state index contributed by atoms with van der Waals surface area (Å²) in [7, 11) is -2.92. The topological polar surface area (TPSA) is 72.9 Å². The standard InChI is InChI=1S/C17H16Cl3NO5S/c1-3-26-17(22)10-21(14-8-11(18)5-7-15(14)25-2)27(23,24)16-9-12(19)4-6-13(16)20/h4-9H,3,10H2,1-2H3. The average Bonchev–Trinajstić information content (AvgIpc) is 2.61. The van der Waals surface area contributed by atoms with Gasteiger partial charge in [-0.15, -0.1) is 0 Å². The number of esters is 1.